The van der Waals surface area contributed by atoms with Gasteiger partial charge < -0.3 is 15.3 Å². The topological polar surface area (TPSA) is 115 Å². The van der Waals surface area contributed by atoms with Crippen molar-refractivity contribution in [2.45, 2.75) is 44.6 Å². The molecular formula is C26H25ClN6O2. The zero-order valence-corrected chi connectivity index (χ0v) is 20.3. The molecule has 1 aromatic carbocycles. The standard InChI is InChI=1S/C26H25ClN6O2/c1-26(2)6-3-19-16(12-28)9-15(10-20(19)26)21-4-7-29-25(31-21)32-22-11-17(27)13-30-23(22)24(35)33-8-5-18(34)14-33/h4,7,9-11,13,18,34H,3,5-6,8,14H2,1-2H3,(H,29,31,32). The van der Waals surface area contributed by atoms with Gasteiger partial charge in [0.15, 0.2) is 5.69 Å². The number of fused-ring (bicyclic) bond motifs is 1. The van der Waals surface area contributed by atoms with E-state index in [2.05, 4.69) is 46.3 Å². The van der Waals surface area contributed by atoms with E-state index in [4.69, 9.17) is 11.6 Å². The molecular weight excluding hydrogens is 464 g/mol. The van der Waals surface area contributed by atoms with Crippen molar-refractivity contribution in [1.29, 1.82) is 5.26 Å². The zero-order chi connectivity index (χ0) is 24.7. The quantitative estimate of drug-likeness (QED) is 0.564. The van der Waals surface area contributed by atoms with Gasteiger partial charge in [0.05, 0.1) is 34.1 Å². The number of hydrogen-bond acceptors (Lipinski definition) is 7. The highest BCUT2D eigenvalue weighted by Gasteiger charge is 2.32. The first-order chi connectivity index (χ1) is 16.7. The van der Waals surface area contributed by atoms with E-state index in [1.54, 1.807) is 23.2 Å². The normalized spacial score (nSPS) is 18.3. The number of likely N-dealkylation sites (tertiary alicyclic amines) is 1. The van der Waals surface area contributed by atoms with Gasteiger partial charge in [-0.05, 0) is 60.1 Å². The van der Waals surface area contributed by atoms with Gasteiger partial charge in [0.1, 0.15) is 0 Å². The van der Waals surface area contributed by atoms with E-state index < -0.39 is 6.10 Å². The third-order valence-corrected chi connectivity index (χ3v) is 7.01. The lowest BCUT2D eigenvalue weighted by Crippen LogP contribution is -2.30. The average Bonchev–Trinajstić information content (AvgIpc) is 3.41. The number of β-amino-alcohol motifs (C(OH)–C–C–N with tert-alkyl or cyclic N) is 1. The number of carbonyl (C=O) groups is 1. The van der Waals surface area contributed by atoms with Crippen LogP contribution in [-0.2, 0) is 11.8 Å². The number of halogens is 1. The molecule has 178 valence electrons. The number of carbonyl (C=O) groups excluding carboxylic acids is 1. The second-order valence-electron chi connectivity index (χ2n) is 9.68. The molecule has 2 aliphatic rings. The van der Waals surface area contributed by atoms with E-state index in [0.29, 0.717) is 34.9 Å². The number of aromatic nitrogens is 3. The summed E-state index contributed by atoms with van der Waals surface area (Å²) in [6.45, 7) is 5.12. The van der Waals surface area contributed by atoms with Gasteiger partial charge in [-0.25, -0.2) is 15.0 Å². The van der Waals surface area contributed by atoms with Crippen LogP contribution in [0.4, 0.5) is 11.6 Å². The van der Waals surface area contributed by atoms with E-state index in [-0.39, 0.29) is 29.5 Å². The molecule has 1 saturated heterocycles. The van der Waals surface area contributed by atoms with Crippen molar-refractivity contribution in [1.82, 2.24) is 19.9 Å². The SMILES string of the molecule is CC1(C)CCc2c(C#N)cc(-c3ccnc(Nc4cc(Cl)cnc4C(=O)N4CCC(O)C4)n3)cc21. The number of pyridine rings is 1. The summed E-state index contributed by atoms with van der Waals surface area (Å²) in [7, 11) is 0. The molecule has 3 heterocycles. The Balaban J connectivity index is 1.48. The van der Waals surface area contributed by atoms with Crippen molar-refractivity contribution >= 4 is 29.1 Å². The minimum atomic E-state index is -0.529. The fourth-order valence-electron chi connectivity index (χ4n) is 4.85. The fourth-order valence-corrected chi connectivity index (χ4v) is 5.00. The zero-order valence-electron chi connectivity index (χ0n) is 19.5. The molecule has 1 fully saturated rings. The Kier molecular flexibility index (Phi) is 5.91. The molecule has 2 N–H and O–H groups in total. The number of aliphatic hydroxyl groups excluding tert-OH is 1. The summed E-state index contributed by atoms with van der Waals surface area (Å²) in [5.74, 6) is -0.0169. The highest BCUT2D eigenvalue weighted by Crippen LogP contribution is 2.42. The molecule has 8 nitrogen and oxygen atoms in total. The Labute approximate surface area is 208 Å². The van der Waals surface area contributed by atoms with Crippen molar-refractivity contribution in [3.63, 3.8) is 0 Å². The highest BCUT2D eigenvalue weighted by atomic mass is 35.5. The highest BCUT2D eigenvalue weighted by molar-refractivity contribution is 6.30. The molecule has 0 spiro atoms. The summed E-state index contributed by atoms with van der Waals surface area (Å²) < 4.78 is 0. The van der Waals surface area contributed by atoms with Crippen molar-refractivity contribution in [2.24, 2.45) is 0 Å². The van der Waals surface area contributed by atoms with Gasteiger partial charge >= 0.3 is 0 Å². The molecule has 0 saturated carbocycles. The van der Waals surface area contributed by atoms with Crippen LogP contribution in [0.1, 0.15) is 53.9 Å². The molecule has 3 aromatic rings. The second kappa shape index (κ2) is 8.91. The maximum atomic E-state index is 13.0. The van der Waals surface area contributed by atoms with Gasteiger partial charge in [-0.2, -0.15) is 5.26 Å². The molecule has 1 aliphatic carbocycles. The fraction of sp³-hybridized carbons (Fsp3) is 0.346. The van der Waals surface area contributed by atoms with Gasteiger partial charge in [0, 0.05) is 31.0 Å². The Hall–Kier alpha value is -3.54. The maximum Gasteiger partial charge on any atom is 0.274 e. The molecule has 2 aromatic heterocycles. The van der Waals surface area contributed by atoms with Crippen LogP contribution >= 0.6 is 11.6 Å². The van der Waals surface area contributed by atoms with Crippen LogP contribution < -0.4 is 5.32 Å². The van der Waals surface area contributed by atoms with Crippen LogP contribution in [0.15, 0.2) is 36.7 Å². The average molecular weight is 489 g/mol. The molecule has 0 bridgehead atoms. The van der Waals surface area contributed by atoms with Crippen LogP contribution in [0.2, 0.25) is 5.02 Å². The van der Waals surface area contributed by atoms with Crippen molar-refractivity contribution < 1.29 is 9.90 Å². The predicted octanol–water partition coefficient (Wildman–Crippen LogP) is 4.24. The third kappa shape index (κ3) is 4.45. The summed E-state index contributed by atoms with van der Waals surface area (Å²) in [6, 6.07) is 9.74. The molecule has 35 heavy (non-hydrogen) atoms. The minimum Gasteiger partial charge on any atom is -0.391 e. The van der Waals surface area contributed by atoms with Crippen LogP contribution in [0.25, 0.3) is 11.3 Å². The van der Waals surface area contributed by atoms with Crippen LogP contribution in [-0.4, -0.2) is 50.1 Å². The number of nitrogens with one attached hydrogen (secondary N) is 1. The van der Waals surface area contributed by atoms with E-state index in [1.807, 2.05) is 6.07 Å². The predicted molar refractivity (Wildman–Crippen MR) is 133 cm³/mol. The van der Waals surface area contributed by atoms with E-state index >= 15 is 0 Å². The largest absolute Gasteiger partial charge is 0.391 e. The lowest BCUT2D eigenvalue weighted by Gasteiger charge is -2.20. The summed E-state index contributed by atoms with van der Waals surface area (Å²) in [4.78, 5) is 27.8. The van der Waals surface area contributed by atoms with Crippen LogP contribution in [0.5, 0.6) is 0 Å². The Morgan fingerprint density at radius 3 is 2.89 bits per heavy atom. The van der Waals surface area contributed by atoms with Gasteiger partial charge in [-0.3, -0.25) is 4.79 Å². The molecule has 0 radical (unpaired) electrons. The van der Waals surface area contributed by atoms with Gasteiger partial charge in [0.2, 0.25) is 5.95 Å². The smallest absolute Gasteiger partial charge is 0.274 e. The van der Waals surface area contributed by atoms with E-state index in [1.165, 1.54) is 11.8 Å². The summed E-state index contributed by atoms with van der Waals surface area (Å²) in [6.07, 6.45) is 4.96. The second-order valence-corrected chi connectivity index (χ2v) is 10.1. The Morgan fingerprint density at radius 2 is 2.14 bits per heavy atom. The lowest BCUT2D eigenvalue weighted by atomic mass is 9.84. The summed E-state index contributed by atoms with van der Waals surface area (Å²) >= 11 is 6.17. The van der Waals surface area contributed by atoms with Crippen LogP contribution in [0, 0.1) is 11.3 Å². The number of amides is 1. The van der Waals surface area contributed by atoms with E-state index in [9.17, 15) is 15.2 Å². The van der Waals surface area contributed by atoms with Gasteiger partial charge in [0.25, 0.3) is 5.91 Å². The van der Waals surface area contributed by atoms with Crippen molar-refractivity contribution in [3.05, 3.63) is 64.1 Å². The molecule has 1 unspecified atom stereocenters. The molecule has 9 heteroatoms. The molecule has 1 atom stereocenters. The number of anilines is 2. The Bertz CT molecular complexity index is 1370. The van der Waals surface area contributed by atoms with Crippen LogP contribution in [0.3, 0.4) is 0 Å². The third-order valence-electron chi connectivity index (χ3n) is 6.80. The number of aliphatic hydroxyl groups is 1. The first kappa shape index (κ1) is 23.2. The molecule has 1 amide bonds. The summed E-state index contributed by atoms with van der Waals surface area (Å²) in [5, 5.41) is 23.0. The number of rotatable bonds is 4. The number of benzene rings is 1. The summed E-state index contributed by atoms with van der Waals surface area (Å²) in [5.41, 5.74) is 5.04. The monoisotopic (exact) mass is 488 g/mol. The molecule has 1 aliphatic heterocycles. The first-order valence-corrected chi connectivity index (χ1v) is 11.9. The van der Waals surface area contributed by atoms with Gasteiger partial charge in [-0.1, -0.05) is 25.4 Å². The van der Waals surface area contributed by atoms with Crippen molar-refractivity contribution in [2.75, 3.05) is 18.4 Å². The number of nitriles is 1. The number of hydrogen-bond donors (Lipinski definition) is 2. The maximum absolute atomic E-state index is 13.0. The van der Waals surface area contributed by atoms with Gasteiger partial charge in [-0.15, -0.1) is 0 Å². The minimum absolute atomic E-state index is 0.00404. The first-order valence-electron chi connectivity index (χ1n) is 11.6. The van der Waals surface area contributed by atoms with E-state index in [0.717, 1.165) is 24.0 Å². The number of nitrogens with zero attached hydrogens (tertiary/aromatic N) is 5. The Morgan fingerprint density at radius 1 is 1.31 bits per heavy atom. The van der Waals surface area contributed by atoms with Crippen molar-refractivity contribution in [3.8, 4) is 17.3 Å². The lowest BCUT2D eigenvalue weighted by molar-refractivity contribution is 0.0760. The molecule has 5 rings (SSSR count).